The van der Waals surface area contributed by atoms with Gasteiger partial charge in [0, 0.05) is 18.0 Å². The molecule has 0 atom stereocenters. The van der Waals surface area contributed by atoms with Crippen LogP contribution in [0, 0.1) is 0 Å². The Kier molecular flexibility index (Phi) is 5.72. The molecule has 0 aliphatic heterocycles. The van der Waals surface area contributed by atoms with Crippen molar-refractivity contribution in [3.63, 3.8) is 0 Å². The second-order valence-electron chi connectivity index (χ2n) is 3.38. The molecule has 1 amide bonds. The van der Waals surface area contributed by atoms with Crippen LogP contribution in [0.5, 0.6) is 5.75 Å². The summed E-state index contributed by atoms with van der Waals surface area (Å²) in [4.78, 5) is 11.6. The third kappa shape index (κ3) is 4.11. The molecule has 4 heteroatoms. The summed E-state index contributed by atoms with van der Waals surface area (Å²) in [7, 11) is 1.60. The van der Waals surface area contributed by atoms with Crippen LogP contribution in [0.3, 0.4) is 0 Å². The van der Waals surface area contributed by atoms with Gasteiger partial charge in [-0.15, -0.1) is 11.6 Å². The Morgan fingerprint density at radius 1 is 1.31 bits per heavy atom. The first-order valence-electron chi connectivity index (χ1n) is 5.26. The van der Waals surface area contributed by atoms with Gasteiger partial charge in [-0.05, 0) is 37.1 Å². The van der Waals surface area contributed by atoms with Crippen LogP contribution in [0.2, 0.25) is 0 Å². The lowest BCUT2D eigenvalue weighted by molar-refractivity contribution is 0.0953. The van der Waals surface area contributed by atoms with Gasteiger partial charge in [0.15, 0.2) is 0 Å². The van der Waals surface area contributed by atoms with Crippen LogP contribution in [-0.2, 0) is 0 Å². The Balaban J connectivity index is 2.40. The van der Waals surface area contributed by atoms with Crippen molar-refractivity contribution in [2.75, 3.05) is 19.5 Å². The standard InChI is InChI=1S/C12H16ClNO2/c1-16-11-6-4-10(5-7-11)12(15)14-9-3-2-8-13/h4-7H,2-3,8-9H2,1H3,(H,14,15). The number of halogens is 1. The van der Waals surface area contributed by atoms with Crippen LogP contribution >= 0.6 is 11.6 Å². The maximum Gasteiger partial charge on any atom is 0.251 e. The molecule has 88 valence electrons. The fraction of sp³-hybridized carbons (Fsp3) is 0.417. The van der Waals surface area contributed by atoms with Gasteiger partial charge >= 0.3 is 0 Å². The normalized spacial score (nSPS) is 9.88. The van der Waals surface area contributed by atoms with Gasteiger partial charge in [-0.3, -0.25) is 4.79 Å². The molecule has 1 aromatic rings. The summed E-state index contributed by atoms with van der Waals surface area (Å²) < 4.78 is 5.02. The molecule has 0 heterocycles. The van der Waals surface area contributed by atoms with Crippen molar-refractivity contribution >= 4 is 17.5 Å². The van der Waals surface area contributed by atoms with Crippen molar-refractivity contribution in [1.82, 2.24) is 5.32 Å². The molecule has 16 heavy (non-hydrogen) atoms. The van der Waals surface area contributed by atoms with E-state index in [1.54, 1.807) is 31.4 Å². The summed E-state index contributed by atoms with van der Waals surface area (Å²) in [5.74, 6) is 1.33. The average molecular weight is 242 g/mol. The maximum absolute atomic E-state index is 11.6. The number of rotatable bonds is 6. The topological polar surface area (TPSA) is 38.3 Å². The van der Waals surface area contributed by atoms with Crippen LogP contribution in [0.25, 0.3) is 0 Å². The van der Waals surface area contributed by atoms with E-state index in [-0.39, 0.29) is 5.91 Å². The van der Waals surface area contributed by atoms with Crippen LogP contribution in [0.1, 0.15) is 23.2 Å². The van der Waals surface area contributed by atoms with Gasteiger partial charge in [0.1, 0.15) is 5.75 Å². The highest BCUT2D eigenvalue weighted by Gasteiger charge is 2.03. The molecule has 1 N–H and O–H groups in total. The van der Waals surface area contributed by atoms with E-state index in [0.717, 1.165) is 18.6 Å². The number of benzene rings is 1. The summed E-state index contributed by atoms with van der Waals surface area (Å²) in [5.41, 5.74) is 0.645. The van der Waals surface area contributed by atoms with Gasteiger partial charge in [-0.1, -0.05) is 0 Å². The molecule has 0 radical (unpaired) electrons. The van der Waals surface area contributed by atoms with Crippen molar-refractivity contribution in [2.45, 2.75) is 12.8 Å². The minimum Gasteiger partial charge on any atom is -0.497 e. The summed E-state index contributed by atoms with van der Waals surface area (Å²) in [6.07, 6.45) is 1.83. The Bertz CT molecular complexity index is 324. The monoisotopic (exact) mass is 241 g/mol. The van der Waals surface area contributed by atoms with Gasteiger partial charge in [0.2, 0.25) is 0 Å². The number of amides is 1. The van der Waals surface area contributed by atoms with E-state index >= 15 is 0 Å². The molecule has 3 nitrogen and oxygen atoms in total. The van der Waals surface area contributed by atoms with Gasteiger partial charge in [-0.25, -0.2) is 0 Å². The number of carbonyl (C=O) groups excluding carboxylic acids is 1. The zero-order valence-corrected chi connectivity index (χ0v) is 10.1. The zero-order valence-electron chi connectivity index (χ0n) is 9.33. The third-order valence-electron chi connectivity index (χ3n) is 2.20. The first-order chi connectivity index (χ1) is 7.77. The Morgan fingerprint density at radius 3 is 2.56 bits per heavy atom. The summed E-state index contributed by atoms with van der Waals surface area (Å²) in [6.45, 7) is 0.664. The van der Waals surface area contributed by atoms with E-state index in [9.17, 15) is 4.79 Å². The number of ether oxygens (including phenoxy) is 1. The lowest BCUT2D eigenvalue weighted by atomic mass is 10.2. The maximum atomic E-state index is 11.6. The fourth-order valence-electron chi connectivity index (χ4n) is 1.27. The lowest BCUT2D eigenvalue weighted by Gasteiger charge is -2.05. The molecule has 0 aromatic heterocycles. The van der Waals surface area contributed by atoms with Crippen LogP contribution in [0.4, 0.5) is 0 Å². The smallest absolute Gasteiger partial charge is 0.251 e. The van der Waals surface area contributed by atoms with E-state index in [0.29, 0.717) is 18.0 Å². The number of nitrogens with one attached hydrogen (secondary N) is 1. The Hall–Kier alpha value is -1.22. The van der Waals surface area contributed by atoms with Crippen LogP contribution in [-0.4, -0.2) is 25.4 Å². The average Bonchev–Trinajstić information content (AvgIpc) is 2.34. The molecule has 0 fully saturated rings. The van der Waals surface area contributed by atoms with Crippen molar-refractivity contribution in [1.29, 1.82) is 0 Å². The van der Waals surface area contributed by atoms with Crippen molar-refractivity contribution in [2.24, 2.45) is 0 Å². The summed E-state index contributed by atoms with van der Waals surface area (Å²) >= 11 is 5.54. The van der Waals surface area contributed by atoms with Gasteiger partial charge in [0.25, 0.3) is 5.91 Å². The lowest BCUT2D eigenvalue weighted by Crippen LogP contribution is -2.24. The second kappa shape index (κ2) is 7.12. The van der Waals surface area contributed by atoms with Crippen LogP contribution < -0.4 is 10.1 Å². The molecule has 0 unspecified atom stereocenters. The molecule has 0 aliphatic rings. The van der Waals surface area contributed by atoms with E-state index in [1.165, 1.54) is 0 Å². The molecule has 1 rings (SSSR count). The first-order valence-corrected chi connectivity index (χ1v) is 5.79. The molecule has 0 saturated carbocycles. The molecule has 0 bridgehead atoms. The third-order valence-corrected chi connectivity index (χ3v) is 2.47. The summed E-state index contributed by atoms with van der Waals surface area (Å²) in [5, 5.41) is 2.83. The minimum absolute atomic E-state index is 0.0581. The van der Waals surface area contributed by atoms with Crippen molar-refractivity contribution in [3.8, 4) is 5.75 Å². The van der Waals surface area contributed by atoms with Gasteiger partial charge in [0.05, 0.1) is 7.11 Å². The van der Waals surface area contributed by atoms with E-state index in [1.807, 2.05) is 0 Å². The number of unbranched alkanes of at least 4 members (excludes halogenated alkanes) is 1. The van der Waals surface area contributed by atoms with Crippen LogP contribution in [0.15, 0.2) is 24.3 Å². The second-order valence-corrected chi connectivity index (χ2v) is 3.76. The SMILES string of the molecule is COc1ccc(C(=O)NCCCCCl)cc1. The summed E-state index contributed by atoms with van der Waals surface area (Å²) in [6, 6.07) is 7.03. The molecule has 0 aliphatic carbocycles. The predicted octanol–water partition coefficient (Wildman–Crippen LogP) is 2.44. The quantitative estimate of drug-likeness (QED) is 0.614. The van der Waals surface area contributed by atoms with Gasteiger partial charge < -0.3 is 10.1 Å². The van der Waals surface area contributed by atoms with E-state index in [4.69, 9.17) is 16.3 Å². The number of alkyl halides is 1. The van der Waals surface area contributed by atoms with E-state index in [2.05, 4.69) is 5.32 Å². The molecule has 1 aromatic carbocycles. The number of hydrogen-bond donors (Lipinski definition) is 1. The Morgan fingerprint density at radius 2 is 2.00 bits per heavy atom. The highest BCUT2D eigenvalue weighted by atomic mass is 35.5. The first kappa shape index (κ1) is 12.8. The predicted molar refractivity (Wildman–Crippen MR) is 65.3 cm³/mol. The highest BCUT2D eigenvalue weighted by molar-refractivity contribution is 6.17. The number of carbonyl (C=O) groups is 1. The van der Waals surface area contributed by atoms with Gasteiger partial charge in [-0.2, -0.15) is 0 Å². The largest absolute Gasteiger partial charge is 0.497 e. The number of methoxy groups -OCH3 is 1. The highest BCUT2D eigenvalue weighted by Crippen LogP contribution is 2.10. The Labute approximate surface area is 101 Å². The molecular formula is C12H16ClNO2. The molecular weight excluding hydrogens is 226 g/mol. The minimum atomic E-state index is -0.0581. The fourth-order valence-corrected chi connectivity index (χ4v) is 1.45. The molecule has 0 saturated heterocycles. The zero-order chi connectivity index (χ0) is 11.8. The number of hydrogen-bond acceptors (Lipinski definition) is 2. The van der Waals surface area contributed by atoms with Crippen molar-refractivity contribution in [3.05, 3.63) is 29.8 Å². The van der Waals surface area contributed by atoms with E-state index < -0.39 is 0 Å². The van der Waals surface area contributed by atoms with Crippen molar-refractivity contribution < 1.29 is 9.53 Å². The molecule has 0 spiro atoms.